The summed E-state index contributed by atoms with van der Waals surface area (Å²) in [5, 5.41) is 5.08. The molecule has 3 saturated heterocycles. The standard InChI is InChI=1S/C26H31N3O/c1-3-18-17-29-14-12-19(18)15-25(29)26(28-20-7-5-4-6-8-20)22-11-13-27-24-10-9-21(30-2)16-23(22)24/h4-11,13,16,18-19,25-26,28H,3,12,14-15,17H2,1-2H3/t18?,19?,25-,26-/m0/s1. The first-order valence-electron chi connectivity index (χ1n) is 11.2. The molecule has 3 fully saturated rings. The average Bonchev–Trinajstić information content (AvgIpc) is 2.82. The number of rotatable bonds is 6. The Morgan fingerprint density at radius 2 is 2.03 bits per heavy atom. The summed E-state index contributed by atoms with van der Waals surface area (Å²) in [6, 6.07) is 19.7. The predicted molar refractivity (Wildman–Crippen MR) is 123 cm³/mol. The van der Waals surface area contributed by atoms with Crippen molar-refractivity contribution in [3.63, 3.8) is 0 Å². The summed E-state index contributed by atoms with van der Waals surface area (Å²) in [5.41, 5.74) is 3.51. The number of methoxy groups -OCH3 is 1. The molecule has 30 heavy (non-hydrogen) atoms. The molecule has 3 aliphatic heterocycles. The first kappa shape index (κ1) is 19.4. The highest BCUT2D eigenvalue weighted by molar-refractivity contribution is 5.84. The second-order valence-electron chi connectivity index (χ2n) is 8.79. The molecule has 1 aromatic heterocycles. The van der Waals surface area contributed by atoms with E-state index in [0.717, 1.165) is 23.1 Å². The molecular weight excluding hydrogens is 370 g/mol. The number of piperidine rings is 3. The Bertz CT molecular complexity index is 1010. The van der Waals surface area contributed by atoms with Crippen LogP contribution in [0.5, 0.6) is 5.75 Å². The molecule has 0 amide bonds. The molecule has 4 heteroatoms. The second kappa shape index (κ2) is 8.27. The van der Waals surface area contributed by atoms with Gasteiger partial charge in [0.15, 0.2) is 0 Å². The summed E-state index contributed by atoms with van der Waals surface area (Å²) in [6.45, 7) is 4.79. The van der Waals surface area contributed by atoms with Crippen LogP contribution >= 0.6 is 0 Å². The molecule has 0 radical (unpaired) electrons. The maximum atomic E-state index is 5.54. The van der Waals surface area contributed by atoms with Gasteiger partial charge in [-0.2, -0.15) is 0 Å². The zero-order valence-electron chi connectivity index (χ0n) is 17.9. The molecule has 4 heterocycles. The van der Waals surface area contributed by atoms with Crippen molar-refractivity contribution in [2.24, 2.45) is 11.8 Å². The van der Waals surface area contributed by atoms with Crippen LogP contribution in [0, 0.1) is 11.8 Å². The Hall–Kier alpha value is -2.59. The highest BCUT2D eigenvalue weighted by atomic mass is 16.5. The van der Waals surface area contributed by atoms with Crippen LogP contribution in [0.1, 0.15) is 37.8 Å². The van der Waals surface area contributed by atoms with Gasteiger partial charge in [0.05, 0.1) is 18.7 Å². The Kier molecular flexibility index (Phi) is 5.34. The van der Waals surface area contributed by atoms with E-state index < -0.39 is 0 Å². The van der Waals surface area contributed by atoms with Crippen molar-refractivity contribution < 1.29 is 4.74 Å². The lowest BCUT2D eigenvalue weighted by molar-refractivity contribution is -0.00780. The molecule has 2 aromatic carbocycles. The van der Waals surface area contributed by atoms with Crippen molar-refractivity contribution in [3.05, 3.63) is 66.4 Å². The van der Waals surface area contributed by atoms with Crippen molar-refractivity contribution in [1.82, 2.24) is 9.88 Å². The quantitative estimate of drug-likeness (QED) is 0.590. The molecule has 4 nitrogen and oxygen atoms in total. The predicted octanol–water partition coefficient (Wildman–Crippen LogP) is 5.52. The fourth-order valence-corrected chi connectivity index (χ4v) is 5.63. The molecular formula is C26H31N3O. The lowest BCUT2D eigenvalue weighted by atomic mass is 9.72. The van der Waals surface area contributed by atoms with E-state index in [2.05, 4.69) is 70.7 Å². The minimum absolute atomic E-state index is 0.214. The largest absolute Gasteiger partial charge is 0.497 e. The van der Waals surface area contributed by atoms with Crippen molar-refractivity contribution in [2.45, 2.75) is 38.3 Å². The van der Waals surface area contributed by atoms with Crippen LogP contribution in [-0.4, -0.2) is 36.1 Å². The van der Waals surface area contributed by atoms with Crippen molar-refractivity contribution in [2.75, 3.05) is 25.5 Å². The zero-order chi connectivity index (χ0) is 20.5. The number of anilines is 1. The minimum atomic E-state index is 0.214. The van der Waals surface area contributed by atoms with Gasteiger partial charge in [-0.25, -0.2) is 0 Å². The number of hydrogen-bond acceptors (Lipinski definition) is 4. The Labute approximate surface area is 179 Å². The fourth-order valence-electron chi connectivity index (χ4n) is 5.63. The highest BCUT2D eigenvalue weighted by Crippen LogP contribution is 2.44. The van der Waals surface area contributed by atoms with Gasteiger partial charge in [0.2, 0.25) is 0 Å². The Morgan fingerprint density at radius 3 is 2.77 bits per heavy atom. The molecule has 3 aliphatic rings. The third-order valence-electron chi connectivity index (χ3n) is 7.26. The zero-order valence-corrected chi connectivity index (χ0v) is 17.9. The van der Waals surface area contributed by atoms with E-state index >= 15 is 0 Å². The summed E-state index contributed by atoms with van der Waals surface area (Å²) in [6.07, 6.45) is 5.85. The van der Waals surface area contributed by atoms with Crippen LogP contribution in [0.2, 0.25) is 0 Å². The summed E-state index contributed by atoms with van der Waals surface area (Å²) >= 11 is 0. The molecule has 2 bridgehead atoms. The van der Waals surface area contributed by atoms with Crippen LogP contribution < -0.4 is 10.1 Å². The molecule has 0 saturated carbocycles. The molecule has 156 valence electrons. The molecule has 6 rings (SSSR count). The van der Waals surface area contributed by atoms with Gasteiger partial charge in [-0.15, -0.1) is 0 Å². The van der Waals surface area contributed by atoms with E-state index in [4.69, 9.17) is 4.74 Å². The van der Waals surface area contributed by atoms with Crippen LogP contribution in [0.15, 0.2) is 60.8 Å². The summed E-state index contributed by atoms with van der Waals surface area (Å²) in [4.78, 5) is 7.37. The van der Waals surface area contributed by atoms with Crippen LogP contribution in [-0.2, 0) is 0 Å². The highest BCUT2D eigenvalue weighted by Gasteiger charge is 2.43. The van der Waals surface area contributed by atoms with E-state index in [-0.39, 0.29) is 6.04 Å². The van der Waals surface area contributed by atoms with E-state index in [9.17, 15) is 0 Å². The van der Waals surface area contributed by atoms with Crippen molar-refractivity contribution >= 4 is 16.6 Å². The van der Waals surface area contributed by atoms with Crippen LogP contribution in [0.4, 0.5) is 5.69 Å². The second-order valence-corrected chi connectivity index (χ2v) is 8.79. The molecule has 3 aromatic rings. The first-order chi connectivity index (χ1) is 14.8. The third kappa shape index (κ3) is 3.54. The molecule has 1 N–H and O–H groups in total. The molecule has 5 atom stereocenters. The van der Waals surface area contributed by atoms with Gasteiger partial charge in [-0.1, -0.05) is 31.5 Å². The summed E-state index contributed by atoms with van der Waals surface area (Å²) in [7, 11) is 1.73. The number of benzene rings is 2. The van der Waals surface area contributed by atoms with Gasteiger partial charge >= 0.3 is 0 Å². The number of aromatic nitrogens is 1. The molecule has 0 spiro atoms. The lowest BCUT2D eigenvalue weighted by Crippen LogP contribution is -2.56. The van der Waals surface area contributed by atoms with E-state index in [1.54, 1.807) is 7.11 Å². The van der Waals surface area contributed by atoms with Gasteiger partial charge < -0.3 is 10.1 Å². The van der Waals surface area contributed by atoms with E-state index in [1.165, 1.54) is 49.0 Å². The van der Waals surface area contributed by atoms with E-state index in [1.807, 2.05) is 12.3 Å². The number of nitrogens with one attached hydrogen (secondary N) is 1. The monoisotopic (exact) mass is 401 g/mol. The topological polar surface area (TPSA) is 37.4 Å². The number of pyridine rings is 1. The Morgan fingerprint density at radius 1 is 1.17 bits per heavy atom. The number of ether oxygens (including phenoxy) is 1. The molecule has 0 aliphatic carbocycles. The summed E-state index contributed by atoms with van der Waals surface area (Å²) in [5.74, 6) is 2.57. The smallest absolute Gasteiger partial charge is 0.119 e. The van der Waals surface area contributed by atoms with Gasteiger partial charge in [-0.05, 0) is 73.2 Å². The number of para-hydroxylation sites is 1. The molecule has 3 unspecified atom stereocenters. The normalized spacial score (nSPS) is 26.5. The Balaban J connectivity index is 1.58. The van der Waals surface area contributed by atoms with Crippen molar-refractivity contribution in [3.8, 4) is 5.75 Å². The fraction of sp³-hybridized carbons (Fsp3) is 0.423. The third-order valence-corrected chi connectivity index (χ3v) is 7.26. The van der Waals surface area contributed by atoms with Gasteiger partial charge in [0.25, 0.3) is 0 Å². The minimum Gasteiger partial charge on any atom is -0.497 e. The van der Waals surface area contributed by atoms with Crippen LogP contribution in [0.25, 0.3) is 10.9 Å². The van der Waals surface area contributed by atoms with Gasteiger partial charge in [0.1, 0.15) is 5.75 Å². The number of fused-ring (bicyclic) bond motifs is 4. The first-order valence-corrected chi connectivity index (χ1v) is 11.2. The maximum Gasteiger partial charge on any atom is 0.119 e. The SMILES string of the molecule is CCC1CN2CCC1C[C@H]2[C@@H](Nc1ccccc1)c1ccnc2ccc(OC)cc12. The van der Waals surface area contributed by atoms with Gasteiger partial charge in [-0.3, -0.25) is 9.88 Å². The van der Waals surface area contributed by atoms with Gasteiger partial charge in [0, 0.05) is 29.9 Å². The van der Waals surface area contributed by atoms with E-state index in [0.29, 0.717) is 6.04 Å². The van der Waals surface area contributed by atoms with Crippen molar-refractivity contribution in [1.29, 1.82) is 0 Å². The maximum absolute atomic E-state index is 5.54. The lowest BCUT2D eigenvalue weighted by Gasteiger charge is -2.52. The summed E-state index contributed by atoms with van der Waals surface area (Å²) < 4.78 is 5.54. The van der Waals surface area contributed by atoms with Crippen LogP contribution in [0.3, 0.4) is 0 Å². The number of hydrogen-bond donors (Lipinski definition) is 1. The number of nitrogens with zero attached hydrogens (tertiary/aromatic N) is 2. The average molecular weight is 402 g/mol.